The van der Waals surface area contributed by atoms with Gasteiger partial charge in [-0.25, -0.2) is 13.9 Å². The Morgan fingerprint density at radius 2 is 1.87 bits per heavy atom. The molecule has 3 rings (SSSR count). The molecule has 0 radical (unpaired) electrons. The van der Waals surface area contributed by atoms with Gasteiger partial charge in [0, 0.05) is 19.1 Å². The van der Waals surface area contributed by atoms with Gasteiger partial charge in [-0.2, -0.15) is 0 Å². The predicted octanol–water partition coefficient (Wildman–Crippen LogP) is 2.35. The van der Waals surface area contributed by atoms with Crippen molar-refractivity contribution in [3.8, 4) is 11.1 Å². The summed E-state index contributed by atoms with van der Waals surface area (Å²) < 4.78 is 22.5. The fourth-order valence-corrected chi connectivity index (χ4v) is 4.50. The molecule has 0 aromatic heterocycles. The Labute approximate surface area is 181 Å². The first-order valence-electron chi connectivity index (χ1n) is 9.77. The Hall–Kier alpha value is -2.75. The molecule has 9 heteroatoms. The number of amides is 1. The fraction of sp³-hybridized carbons (Fsp3) is 0.364. The van der Waals surface area contributed by atoms with Crippen LogP contribution in [0.3, 0.4) is 0 Å². The molecule has 2 aromatic carbocycles. The van der Waals surface area contributed by atoms with Crippen LogP contribution in [-0.2, 0) is 26.1 Å². The highest BCUT2D eigenvalue weighted by atomic mass is 32.2. The maximum atomic E-state index is 12.2. The molecule has 0 saturated carbocycles. The van der Waals surface area contributed by atoms with Crippen molar-refractivity contribution in [3.05, 3.63) is 59.2 Å². The lowest BCUT2D eigenvalue weighted by Gasteiger charge is -2.26. The van der Waals surface area contributed by atoms with Crippen LogP contribution in [0.2, 0.25) is 0 Å². The second-order valence-corrected chi connectivity index (χ2v) is 10.4. The third-order valence-corrected chi connectivity index (χ3v) is 7.75. The van der Waals surface area contributed by atoms with Gasteiger partial charge in [-0.3, -0.25) is 10.0 Å². The van der Waals surface area contributed by atoms with Crippen LogP contribution >= 0.6 is 0 Å². The molecule has 8 nitrogen and oxygen atoms in total. The number of sulfone groups is 1. The third-order valence-electron chi connectivity index (χ3n) is 5.76. The average molecular weight is 447 g/mol. The number of aliphatic hydroxyl groups is 1. The molecule has 1 aliphatic heterocycles. The minimum Gasteiger partial charge on any atom is -0.392 e. The number of nitrogens with one attached hydrogen (secondary N) is 1. The van der Waals surface area contributed by atoms with E-state index in [1.54, 1.807) is 0 Å². The summed E-state index contributed by atoms with van der Waals surface area (Å²) in [6.45, 7) is 3.24. The van der Waals surface area contributed by atoms with Crippen molar-refractivity contribution in [3.63, 3.8) is 0 Å². The normalized spacial score (nSPS) is 18.1. The van der Waals surface area contributed by atoms with Crippen LogP contribution in [0.15, 0.2) is 47.6 Å². The van der Waals surface area contributed by atoms with Crippen molar-refractivity contribution >= 4 is 21.5 Å². The summed E-state index contributed by atoms with van der Waals surface area (Å²) in [5, 5.41) is 22.3. The lowest BCUT2D eigenvalue weighted by molar-refractivity contribution is -0.132. The van der Waals surface area contributed by atoms with E-state index in [1.807, 2.05) is 49.4 Å². The molecule has 0 aliphatic carbocycles. The minimum absolute atomic E-state index is 0.00245. The van der Waals surface area contributed by atoms with Crippen LogP contribution in [0, 0.1) is 6.92 Å². The van der Waals surface area contributed by atoms with E-state index in [0.717, 1.165) is 34.1 Å². The van der Waals surface area contributed by atoms with Crippen molar-refractivity contribution in [2.24, 2.45) is 5.16 Å². The van der Waals surface area contributed by atoms with Gasteiger partial charge in [0.2, 0.25) is 0 Å². The molecule has 0 bridgehead atoms. The summed E-state index contributed by atoms with van der Waals surface area (Å²) in [5.41, 5.74) is 6.91. The Bertz CT molecular complexity index is 1110. The minimum atomic E-state index is -3.81. The van der Waals surface area contributed by atoms with E-state index < -0.39 is 26.6 Å². The summed E-state index contributed by atoms with van der Waals surface area (Å²) in [6, 6.07) is 13.6. The van der Waals surface area contributed by atoms with Crippen LogP contribution in [0.25, 0.3) is 11.1 Å². The molecule has 2 atom stereocenters. The number of benzene rings is 2. The van der Waals surface area contributed by atoms with Crippen LogP contribution in [-0.4, -0.2) is 47.5 Å². The Morgan fingerprint density at radius 1 is 1.23 bits per heavy atom. The molecular weight excluding hydrogens is 420 g/mol. The van der Waals surface area contributed by atoms with E-state index >= 15 is 0 Å². The first kappa shape index (κ1) is 22.9. The third kappa shape index (κ3) is 4.63. The monoisotopic (exact) mass is 446 g/mol. The molecule has 1 heterocycles. The average Bonchev–Trinajstić information content (AvgIpc) is 3.20. The number of hydrogen-bond donors (Lipinski definition) is 3. The first-order chi connectivity index (χ1) is 14.6. The molecule has 166 valence electrons. The maximum Gasteiger partial charge on any atom is 0.264 e. The smallest absolute Gasteiger partial charge is 0.264 e. The van der Waals surface area contributed by atoms with Crippen molar-refractivity contribution in [2.75, 3.05) is 6.26 Å². The summed E-state index contributed by atoms with van der Waals surface area (Å²) in [5.74, 6) is -1.00. The van der Waals surface area contributed by atoms with E-state index in [4.69, 9.17) is 10.0 Å². The molecule has 2 unspecified atom stereocenters. The molecular formula is C22H26N2O6S. The van der Waals surface area contributed by atoms with Gasteiger partial charge in [0.1, 0.15) is 6.10 Å². The van der Waals surface area contributed by atoms with Crippen molar-refractivity contribution in [1.82, 2.24) is 5.48 Å². The number of hydrogen-bond acceptors (Lipinski definition) is 7. The number of nitrogens with zero attached hydrogens (tertiary/aromatic N) is 1. The molecule has 0 fully saturated rings. The van der Waals surface area contributed by atoms with Gasteiger partial charge in [-0.15, -0.1) is 0 Å². The molecule has 0 saturated heterocycles. The topological polar surface area (TPSA) is 125 Å². The standard InChI is InChI=1S/C22H26N2O6S/c1-14-10-17(8-9-19(14)16-6-4-15(13-25)5-7-16)20-11-18(30-24-20)12-22(2,21(26)23-27)31(3,28)29/h4-10,18,25,27H,11-13H2,1-3H3,(H,23,26). The Morgan fingerprint density at radius 3 is 2.42 bits per heavy atom. The highest BCUT2D eigenvalue weighted by Crippen LogP contribution is 2.31. The zero-order valence-corrected chi connectivity index (χ0v) is 18.4. The van der Waals surface area contributed by atoms with E-state index in [1.165, 1.54) is 12.4 Å². The van der Waals surface area contributed by atoms with Crippen LogP contribution in [0.1, 0.15) is 36.5 Å². The van der Waals surface area contributed by atoms with Crippen LogP contribution in [0.5, 0.6) is 0 Å². The van der Waals surface area contributed by atoms with Gasteiger partial charge >= 0.3 is 0 Å². The highest BCUT2D eigenvalue weighted by molar-refractivity contribution is 7.92. The lowest BCUT2D eigenvalue weighted by atomic mass is 9.93. The van der Waals surface area contributed by atoms with Gasteiger partial charge in [0.05, 0.1) is 12.3 Å². The molecule has 3 N–H and O–H groups in total. The summed E-state index contributed by atoms with van der Waals surface area (Å²) >= 11 is 0. The second-order valence-electron chi connectivity index (χ2n) is 8.00. The molecule has 1 amide bonds. The number of carbonyl (C=O) groups excluding carboxylic acids is 1. The maximum absolute atomic E-state index is 12.2. The molecule has 0 spiro atoms. The largest absolute Gasteiger partial charge is 0.392 e. The predicted molar refractivity (Wildman–Crippen MR) is 116 cm³/mol. The van der Waals surface area contributed by atoms with Crippen molar-refractivity contribution in [2.45, 2.75) is 44.1 Å². The number of rotatable bonds is 7. The van der Waals surface area contributed by atoms with E-state index in [9.17, 15) is 18.3 Å². The van der Waals surface area contributed by atoms with Crippen molar-refractivity contribution < 1.29 is 28.4 Å². The van der Waals surface area contributed by atoms with E-state index in [2.05, 4.69) is 5.16 Å². The number of oxime groups is 1. The zero-order chi connectivity index (χ0) is 22.8. The molecule has 1 aliphatic rings. The van der Waals surface area contributed by atoms with Gasteiger partial charge < -0.3 is 9.94 Å². The molecule has 2 aromatic rings. The summed E-state index contributed by atoms with van der Waals surface area (Å²) in [6.07, 6.45) is 0.541. The second kappa shape index (κ2) is 8.78. The van der Waals surface area contributed by atoms with Gasteiger partial charge in [0.15, 0.2) is 14.6 Å². The summed E-state index contributed by atoms with van der Waals surface area (Å²) in [7, 11) is -3.81. The van der Waals surface area contributed by atoms with Crippen LogP contribution in [0.4, 0.5) is 0 Å². The number of aryl methyl sites for hydroxylation is 1. The zero-order valence-electron chi connectivity index (χ0n) is 17.6. The van der Waals surface area contributed by atoms with Gasteiger partial charge in [0.25, 0.3) is 5.91 Å². The Kier molecular flexibility index (Phi) is 6.49. The quantitative estimate of drug-likeness (QED) is 0.443. The lowest BCUT2D eigenvalue weighted by Crippen LogP contribution is -2.51. The van der Waals surface area contributed by atoms with E-state index in [-0.39, 0.29) is 13.0 Å². The summed E-state index contributed by atoms with van der Waals surface area (Å²) in [4.78, 5) is 17.5. The van der Waals surface area contributed by atoms with Gasteiger partial charge in [-0.05, 0) is 47.7 Å². The van der Waals surface area contributed by atoms with E-state index in [0.29, 0.717) is 12.1 Å². The number of hydroxylamine groups is 1. The van der Waals surface area contributed by atoms with Crippen molar-refractivity contribution in [1.29, 1.82) is 0 Å². The first-order valence-corrected chi connectivity index (χ1v) is 11.7. The highest BCUT2D eigenvalue weighted by Gasteiger charge is 2.47. The SMILES string of the molecule is Cc1cc(C2=NOC(CC(C)(C(=O)NO)S(C)(=O)=O)C2)ccc1-c1ccc(CO)cc1. The fourth-order valence-electron chi connectivity index (χ4n) is 3.63. The number of aliphatic hydroxyl groups excluding tert-OH is 1. The Balaban J connectivity index is 1.76. The van der Waals surface area contributed by atoms with Crippen LogP contribution < -0.4 is 5.48 Å². The molecule has 31 heavy (non-hydrogen) atoms. The van der Waals surface area contributed by atoms with Gasteiger partial charge in [-0.1, -0.05) is 41.6 Å². The number of carbonyl (C=O) groups is 1.